The molecule has 29 heavy (non-hydrogen) atoms. The molecule has 8 heteroatoms. The lowest BCUT2D eigenvalue weighted by Gasteiger charge is -2.10. The van der Waals surface area contributed by atoms with Crippen molar-refractivity contribution in [3.63, 3.8) is 0 Å². The van der Waals surface area contributed by atoms with Gasteiger partial charge in [0, 0.05) is 23.6 Å². The van der Waals surface area contributed by atoms with Crippen molar-refractivity contribution >= 4 is 28.7 Å². The van der Waals surface area contributed by atoms with Crippen LogP contribution in [0.25, 0.3) is 16.8 Å². The number of benzene rings is 2. The summed E-state index contributed by atoms with van der Waals surface area (Å²) >= 11 is 0. The molecule has 0 fully saturated rings. The van der Waals surface area contributed by atoms with Crippen LogP contribution < -0.4 is 16.4 Å². The van der Waals surface area contributed by atoms with Crippen molar-refractivity contribution < 1.29 is 14.0 Å². The van der Waals surface area contributed by atoms with Gasteiger partial charge in [-0.25, -0.2) is 9.07 Å². The highest BCUT2D eigenvalue weighted by atomic mass is 19.1. The van der Waals surface area contributed by atoms with Gasteiger partial charge in [0.15, 0.2) is 5.69 Å². The SMILES string of the molecule is CCCn1nc(C(=O)NNC(=O)/C=C/c2ccccc2F)c2ccccc2c1=O. The Morgan fingerprint density at radius 1 is 1.07 bits per heavy atom. The summed E-state index contributed by atoms with van der Waals surface area (Å²) in [5.74, 6) is -1.78. The van der Waals surface area contributed by atoms with Gasteiger partial charge in [0.1, 0.15) is 5.82 Å². The molecule has 0 saturated heterocycles. The number of aryl methyl sites for hydroxylation is 1. The Bertz CT molecular complexity index is 1150. The second-order valence-electron chi connectivity index (χ2n) is 6.22. The molecular formula is C21H19FN4O3. The molecule has 0 aliphatic rings. The average Bonchev–Trinajstić information content (AvgIpc) is 2.73. The number of nitrogens with zero attached hydrogens (tertiary/aromatic N) is 2. The van der Waals surface area contributed by atoms with E-state index < -0.39 is 17.6 Å². The minimum absolute atomic E-state index is 0.0204. The first-order valence-electron chi connectivity index (χ1n) is 9.04. The molecule has 2 aromatic carbocycles. The van der Waals surface area contributed by atoms with Gasteiger partial charge in [0.2, 0.25) is 0 Å². The maximum absolute atomic E-state index is 13.6. The van der Waals surface area contributed by atoms with E-state index in [9.17, 15) is 18.8 Å². The standard InChI is InChI=1S/C21H19FN4O3/c1-2-13-26-21(29)16-9-5-4-8-15(16)19(25-26)20(28)24-23-18(27)12-11-14-7-3-6-10-17(14)22/h3-12H,2,13H2,1H3,(H,23,27)(H,24,28)/b12-11+. The Hall–Kier alpha value is -3.81. The summed E-state index contributed by atoms with van der Waals surface area (Å²) in [6.45, 7) is 2.26. The summed E-state index contributed by atoms with van der Waals surface area (Å²) in [7, 11) is 0. The molecule has 0 spiro atoms. The third-order valence-electron chi connectivity index (χ3n) is 4.14. The first kappa shape index (κ1) is 19.9. The van der Waals surface area contributed by atoms with Crippen LogP contribution in [0, 0.1) is 5.82 Å². The van der Waals surface area contributed by atoms with Crippen LogP contribution in [0.4, 0.5) is 4.39 Å². The fourth-order valence-electron chi connectivity index (χ4n) is 2.76. The molecule has 1 aromatic heterocycles. The molecular weight excluding hydrogens is 375 g/mol. The van der Waals surface area contributed by atoms with E-state index in [1.54, 1.807) is 36.4 Å². The number of halogens is 1. The molecule has 3 aromatic rings. The molecule has 0 unspecified atom stereocenters. The van der Waals surface area contributed by atoms with Crippen molar-refractivity contribution in [1.82, 2.24) is 20.6 Å². The maximum atomic E-state index is 13.6. The van der Waals surface area contributed by atoms with E-state index in [0.29, 0.717) is 23.7 Å². The topological polar surface area (TPSA) is 93.1 Å². The van der Waals surface area contributed by atoms with Gasteiger partial charge in [0.05, 0.1) is 5.39 Å². The normalized spacial score (nSPS) is 11.0. The van der Waals surface area contributed by atoms with Crippen molar-refractivity contribution in [2.75, 3.05) is 0 Å². The largest absolute Gasteiger partial charge is 0.290 e. The van der Waals surface area contributed by atoms with E-state index in [4.69, 9.17) is 0 Å². The van der Waals surface area contributed by atoms with Gasteiger partial charge in [-0.05, 0) is 24.6 Å². The number of aromatic nitrogens is 2. The smallest absolute Gasteiger partial charge is 0.268 e. The Morgan fingerprint density at radius 2 is 1.76 bits per heavy atom. The van der Waals surface area contributed by atoms with Crippen molar-refractivity contribution in [3.8, 4) is 0 Å². The second kappa shape index (κ2) is 8.92. The average molecular weight is 394 g/mol. The number of hydrazine groups is 1. The van der Waals surface area contributed by atoms with E-state index in [0.717, 1.165) is 6.08 Å². The Labute approximate surface area is 165 Å². The third-order valence-corrected chi connectivity index (χ3v) is 4.14. The van der Waals surface area contributed by atoms with Gasteiger partial charge in [-0.15, -0.1) is 0 Å². The maximum Gasteiger partial charge on any atom is 0.290 e. The molecule has 3 rings (SSSR count). The number of fused-ring (bicyclic) bond motifs is 1. The second-order valence-corrected chi connectivity index (χ2v) is 6.22. The molecule has 2 amide bonds. The van der Waals surface area contributed by atoms with Crippen molar-refractivity contribution in [2.45, 2.75) is 19.9 Å². The van der Waals surface area contributed by atoms with Crippen LogP contribution in [0.1, 0.15) is 29.4 Å². The number of nitrogens with one attached hydrogen (secondary N) is 2. The minimum atomic E-state index is -0.668. The van der Waals surface area contributed by atoms with Crippen molar-refractivity contribution in [1.29, 1.82) is 0 Å². The predicted octanol–water partition coefficient (Wildman–Crippen LogP) is 2.42. The molecule has 7 nitrogen and oxygen atoms in total. The van der Waals surface area contributed by atoms with E-state index in [1.807, 2.05) is 6.92 Å². The summed E-state index contributed by atoms with van der Waals surface area (Å²) in [5.41, 5.74) is 4.48. The molecule has 0 saturated carbocycles. The molecule has 0 atom stereocenters. The zero-order chi connectivity index (χ0) is 20.8. The third kappa shape index (κ3) is 4.55. The fourth-order valence-corrected chi connectivity index (χ4v) is 2.76. The first-order valence-corrected chi connectivity index (χ1v) is 9.04. The van der Waals surface area contributed by atoms with Gasteiger partial charge < -0.3 is 0 Å². The Balaban J connectivity index is 1.78. The van der Waals surface area contributed by atoms with E-state index in [2.05, 4.69) is 16.0 Å². The molecule has 0 radical (unpaired) electrons. The summed E-state index contributed by atoms with van der Waals surface area (Å²) in [6, 6.07) is 12.6. The van der Waals surface area contributed by atoms with Gasteiger partial charge in [-0.1, -0.05) is 43.3 Å². The monoisotopic (exact) mass is 394 g/mol. The highest BCUT2D eigenvalue weighted by Gasteiger charge is 2.16. The lowest BCUT2D eigenvalue weighted by Crippen LogP contribution is -2.42. The van der Waals surface area contributed by atoms with Crippen LogP contribution in [0.15, 0.2) is 59.4 Å². The molecule has 2 N–H and O–H groups in total. The number of amides is 2. The van der Waals surface area contributed by atoms with Gasteiger partial charge in [-0.2, -0.15) is 5.10 Å². The number of hydrogen-bond donors (Lipinski definition) is 2. The Morgan fingerprint density at radius 3 is 2.48 bits per heavy atom. The van der Waals surface area contributed by atoms with Crippen LogP contribution in [0.5, 0.6) is 0 Å². The quantitative estimate of drug-likeness (QED) is 0.513. The minimum Gasteiger partial charge on any atom is -0.268 e. The fraction of sp³-hybridized carbons (Fsp3) is 0.143. The van der Waals surface area contributed by atoms with Crippen molar-refractivity contribution in [2.24, 2.45) is 0 Å². The van der Waals surface area contributed by atoms with Gasteiger partial charge in [0.25, 0.3) is 17.4 Å². The number of carbonyl (C=O) groups excluding carboxylic acids is 2. The predicted molar refractivity (Wildman–Crippen MR) is 107 cm³/mol. The van der Waals surface area contributed by atoms with Crippen LogP contribution in [0.2, 0.25) is 0 Å². The zero-order valence-corrected chi connectivity index (χ0v) is 15.7. The number of carbonyl (C=O) groups is 2. The lowest BCUT2D eigenvalue weighted by molar-refractivity contribution is -0.117. The summed E-state index contributed by atoms with van der Waals surface area (Å²) in [6.07, 6.45) is 3.07. The molecule has 1 heterocycles. The van der Waals surface area contributed by atoms with Crippen LogP contribution in [-0.4, -0.2) is 21.6 Å². The first-order chi connectivity index (χ1) is 14.0. The summed E-state index contributed by atoms with van der Waals surface area (Å²) < 4.78 is 14.8. The number of rotatable bonds is 5. The van der Waals surface area contributed by atoms with Crippen LogP contribution >= 0.6 is 0 Å². The zero-order valence-electron chi connectivity index (χ0n) is 15.7. The highest BCUT2D eigenvalue weighted by Crippen LogP contribution is 2.13. The van der Waals surface area contributed by atoms with E-state index in [-0.39, 0.29) is 16.8 Å². The molecule has 0 aliphatic carbocycles. The van der Waals surface area contributed by atoms with E-state index in [1.165, 1.54) is 22.9 Å². The van der Waals surface area contributed by atoms with Gasteiger partial charge >= 0.3 is 0 Å². The lowest BCUT2D eigenvalue weighted by atomic mass is 10.1. The molecule has 0 aliphatic heterocycles. The van der Waals surface area contributed by atoms with Gasteiger partial charge in [-0.3, -0.25) is 25.2 Å². The highest BCUT2D eigenvalue weighted by molar-refractivity contribution is 6.05. The van der Waals surface area contributed by atoms with Crippen LogP contribution in [-0.2, 0) is 11.3 Å². The number of hydrogen-bond acceptors (Lipinski definition) is 4. The summed E-state index contributed by atoms with van der Waals surface area (Å²) in [5, 5.41) is 4.90. The van der Waals surface area contributed by atoms with Crippen molar-refractivity contribution in [3.05, 3.63) is 82.0 Å². The molecule has 0 bridgehead atoms. The van der Waals surface area contributed by atoms with Crippen LogP contribution in [0.3, 0.4) is 0 Å². The molecule has 148 valence electrons. The van der Waals surface area contributed by atoms with E-state index >= 15 is 0 Å². The Kier molecular flexibility index (Phi) is 6.13. The summed E-state index contributed by atoms with van der Waals surface area (Å²) in [4.78, 5) is 37.0.